The van der Waals surface area contributed by atoms with E-state index in [1.54, 1.807) is 40.7 Å². The Morgan fingerprint density at radius 3 is 2.54 bits per heavy atom. The fourth-order valence-corrected chi connectivity index (χ4v) is 5.17. The van der Waals surface area contributed by atoms with Gasteiger partial charge in [-0.1, -0.05) is 11.6 Å². The van der Waals surface area contributed by atoms with E-state index >= 15 is 0 Å². The summed E-state index contributed by atoms with van der Waals surface area (Å²) in [7, 11) is 3.05. The van der Waals surface area contributed by atoms with E-state index < -0.39 is 11.7 Å². The minimum absolute atomic E-state index is 0.223. The first-order valence-corrected chi connectivity index (χ1v) is 11.2. The predicted octanol–water partition coefficient (Wildman–Crippen LogP) is 3.73. The summed E-state index contributed by atoms with van der Waals surface area (Å²) in [5, 5.41) is 23.4. The zero-order chi connectivity index (χ0) is 25.0. The van der Waals surface area contributed by atoms with Crippen molar-refractivity contribution >= 4 is 23.3 Å². The van der Waals surface area contributed by atoms with Gasteiger partial charge >= 0.3 is 11.7 Å². The Morgan fingerprint density at radius 1 is 1.23 bits per heavy atom. The highest BCUT2D eigenvalue weighted by molar-refractivity contribution is 6.32. The van der Waals surface area contributed by atoms with Crippen LogP contribution in [0.3, 0.4) is 0 Å². The number of carbonyl (C=O) groups is 1. The number of rotatable bonds is 4. The first kappa shape index (κ1) is 22.7. The van der Waals surface area contributed by atoms with Crippen LogP contribution in [0.25, 0.3) is 5.69 Å². The third kappa shape index (κ3) is 3.39. The molecule has 3 aromatic rings. The van der Waals surface area contributed by atoms with E-state index in [0.29, 0.717) is 47.1 Å². The first-order valence-electron chi connectivity index (χ1n) is 10.8. The Hall–Kier alpha value is -4.10. The SMILES string of the molecule is COc1cc(NC(=O)N2C[C@H]3CC2c2c(O)n(-c4ccc(C#N)c(Cl)c4C)c(=O)n23)cc(OC)c1. The number of aromatic nitrogens is 2. The highest BCUT2D eigenvalue weighted by Gasteiger charge is 2.49. The lowest BCUT2D eigenvalue weighted by atomic mass is 10.1. The zero-order valence-electron chi connectivity index (χ0n) is 19.2. The highest BCUT2D eigenvalue weighted by Crippen LogP contribution is 2.49. The van der Waals surface area contributed by atoms with Crippen molar-refractivity contribution in [2.24, 2.45) is 0 Å². The van der Waals surface area contributed by atoms with E-state index in [2.05, 4.69) is 5.32 Å². The number of amides is 2. The average Bonchev–Trinajstić information content (AvgIpc) is 3.52. The molecule has 5 rings (SSSR count). The minimum atomic E-state index is -0.476. The van der Waals surface area contributed by atoms with Gasteiger partial charge in [-0.25, -0.2) is 14.2 Å². The second-order valence-corrected chi connectivity index (χ2v) is 8.85. The van der Waals surface area contributed by atoms with Crippen LogP contribution in [0.5, 0.6) is 17.4 Å². The second kappa shape index (κ2) is 8.29. The largest absolute Gasteiger partial charge is 0.497 e. The maximum absolute atomic E-state index is 13.3. The van der Waals surface area contributed by atoms with E-state index in [4.69, 9.17) is 21.1 Å². The van der Waals surface area contributed by atoms with Gasteiger partial charge in [0.05, 0.1) is 42.6 Å². The predicted molar refractivity (Wildman–Crippen MR) is 128 cm³/mol. The lowest BCUT2D eigenvalue weighted by molar-refractivity contribution is 0.198. The molecule has 0 spiro atoms. The Kier molecular flexibility index (Phi) is 5.37. The van der Waals surface area contributed by atoms with E-state index in [1.165, 1.54) is 24.9 Å². The molecule has 2 aliphatic rings. The Balaban J connectivity index is 1.49. The zero-order valence-corrected chi connectivity index (χ0v) is 20.0. The molecule has 0 saturated carbocycles. The van der Waals surface area contributed by atoms with Gasteiger partial charge in [0, 0.05) is 30.4 Å². The minimum Gasteiger partial charge on any atom is -0.497 e. The topological polar surface area (TPSA) is 122 Å². The van der Waals surface area contributed by atoms with Crippen molar-refractivity contribution in [2.45, 2.75) is 25.4 Å². The summed E-state index contributed by atoms with van der Waals surface area (Å²) in [4.78, 5) is 28.1. The third-order valence-electron chi connectivity index (χ3n) is 6.64. The average molecular weight is 496 g/mol. The van der Waals surface area contributed by atoms with Crippen LogP contribution in [0.15, 0.2) is 35.1 Å². The smallest absolute Gasteiger partial charge is 0.336 e. The normalized spacial score (nSPS) is 17.7. The number of nitrogens with zero attached hydrogens (tertiary/aromatic N) is 4. The van der Waals surface area contributed by atoms with Crippen LogP contribution in [0.2, 0.25) is 5.02 Å². The monoisotopic (exact) mass is 495 g/mol. The molecular weight excluding hydrogens is 474 g/mol. The van der Waals surface area contributed by atoms with Gasteiger partial charge in [-0.2, -0.15) is 5.26 Å². The molecule has 0 aliphatic carbocycles. The van der Waals surface area contributed by atoms with Gasteiger partial charge in [0.2, 0.25) is 5.88 Å². The second-order valence-electron chi connectivity index (χ2n) is 8.47. The molecule has 0 radical (unpaired) electrons. The van der Waals surface area contributed by atoms with E-state index in [1.807, 2.05) is 6.07 Å². The maximum atomic E-state index is 13.3. The van der Waals surface area contributed by atoms with Gasteiger partial charge in [0.25, 0.3) is 0 Å². The van der Waals surface area contributed by atoms with Gasteiger partial charge in [0.15, 0.2) is 0 Å². The summed E-state index contributed by atoms with van der Waals surface area (Å²) in [6, 6.07) is 9.04. The molecule has 2 bridgehead atoms. The van der Waals surface area contributed by atoms with Crippen molar-refractivity contribution < 1.29 is 19.4 Å². The van der Waals surface area contributed by atoms with Crippen molar-refractivity contribution in [3.63, 3.8) is 0 Å². The van der Waals surface area contributed by atoms with Crippen molar-refractivity contribution in [3.05, 3.63) is 62.7 Å². The van der Waals surface area contributed by atoms with E-state index in [9.17, 15) is 20.0 Å². The molecule has 180 valence electrons. The molecule has 2 aromatic carbocycles. The first-order chi connectivity index (χ1) is 16.8. The maximum Gasteiger partial charge on any atom is 0.336 e. The fourth-order valence-electron chi connectivity index (χ4n) is 4.97. The van der Waals surface area contributed by atoms with Crippen LogP contribution in [-0.4, -0.2) is 45.9 Å². The third-order valence-corrected chi connectivity index (χ3v) is 7.13. The number of hydrogen-bond acceptors (Lipinski definition) is 6. The molecule has 3 heterocycles. The molecule has 2 amide bonds. The molecule has 10 nitrogen and oxygen atoms in total. The number of carbonyl (C=O) groups excluding carboxylic acids is 1. The molecule has 2 aliphatic heterocycles. The molecule has 1 saturated heterocycles. The summed E-state index contributed by atoms with van der Waals surface area (Å²) in [5.74, 6) is 0.817. The van der Waals surface area contributed by atoms with Gasteiger partial charge in [-0.15, -0.1) is 0 Å². The van der Waals surface area contributed by atoms with Crippen molar-refractivity contribution in [1.29, 1.82) is 5.26 Å². The molecule has 35 heavy (non-hydrogen) atoms. The van der Waals surface area contributed by atoms with E-state index in [0.717, 1.165) is 0 Å². The van der Waals surface area contributed by atoms with E-state index in [-0.39, 0.29) is 28.5 Å². The molecule has 1 unspecified atom stereocenters. The van der Waals surface area contributed by atoms with Gasteiger partial charge < -0.3 is 24.8 Å². The van der Waals surface area contributed by atoms with Gasteiger partial charge in [0.1, 0.15) is 23.3 Å². The van der Waals surface area contributed by atoms with Crippen LogP contribution in [-0.2, 0) is 0 Å². The molecule has 1 fully saturated rings. The molecule has 1 aromatic heterocycles. The quantitative estimate of drug-likeness (QED) is 0.568. The van der Waals surface area contributed by atoms with Crippen molar-refractivity contribution in [1.82, 2.24) is 14.0 Å². The standard InChI is InChI=1S/C24H22ClN5O5/c1-12-18(5-4-13(10-26)20(12)25)30-22(31)21-19-8-15(29(21)24(30)33)11-28(19)23(32)27-14-6-16(34-2)9-17(7-14)35-3/h4-7,9,15,19,31H,8,11H2,1-3H3,(H,27,32)/t15-,19?/m1/s1. The lowest BCUT2D eigenvalue weighted by Crippen LogP contribution is -2.40. The summed E-state index contributed by atoms with van der Waals surface area (Å²) < 4.78 is 13.3. The molecule has 2 N–H and O–H groups in total. The van der Waals surface area contributed by atoms with Gasteiger partial charge in [-0.05, 0) is 31.0 Å². The Morgan fingerprint density at radius 2 is 1.91 bits per heavy atom. The van der Waals surface area contributed by atoms with Crippen LogP contribution in [0, 0.1) is 18.3 Å². The molecule has 2 atom stereocenters. The van der Waals surface area contributed by atoms with Crippen molar-refractivity contribution in [3.8, 4) is 29.1 Å². The Bertz CT molecular complexity index is 1450. The number of nitriles is 1. The lowest BCUT2D eigenvalue weighted by Gasteiger charge is -2.28. The summed E-state index contributed by atoms with van der Waals surface area (Å²) >= 11 is 6.30. The van der Waals surface area contributed by atoms with Crippen LogP contribution in [0.1, 0.15) is 35.3 Å². The highest BCUT2D eigenvalue weighted by atomic mass is 35.5. The van der Waals surface area contributed by atoms with Crippen LogP contribution < -0.4 is 20.5 Å². The number of hydrogen-bond donors (Lipinski definition) is 2. The molecular formula is C24H22ClN5O5. The van der Waals surface area contributed by atoms with Gasteiger partial charge in [-0.3, -0.25) is 4.57 Å². The Labute approximate surface area is 205 Å². The summed E-state index contributed by atoms with van der Waals surface area (Å²) in [5.41, 5.74) is 1.63. The number of urea groups is 1. The summed E-state index contributed by atoms with van der Waals surface area (Å²) in [6.45, 7) is 2.00. The number of benzene rings is 2. The van der Waals surface area contributed by atoms with Crippen molar-refractivity contribution in [2.75, 3.05) is 26.1 Å². The number of likely N-dealkylation sites (tertiary alicyclic amines) is 1. The number of fused-ring (bicyclic) bond motifs is 5. The number of imidazole rings is 1. The number of ether oxygens (including phenoxy) is 2. The fraction of sp³-hybridized carbons (Fsp3) is 0.292. The number of aromatic hydroxyl groups is 1. The molecule has 11 heteroatoms. The van der Waals surface area contributed by atoms with Crippen LogP contribution in [0.4, 0.5) is 10.5 Å². The number of halogens is 1. The number of nitrogens with one attached hydrogen (secondary N) is 1. The number of methoxy groups -OCH3 is 2. The number of anilines is 1. The summed E-state index contributed by atoms with van der Waals surface area (Å²) in [6.07, 6.45) is 0.529. The van der Waals surface area contributed by atoms with Crippen LogP contribution >= 0.6 is 11.6 Å².